The van der Waals surface area contributed by atoms with Gasteiger partial charge in [-0.05, 0) is 66.3 Å². The van der Waals surface area contributed by atoms with Crippen LogP contribution in [0.15, 0.2) is 30.6 Å². The van der Waals surface area contributed by atoms with E-state index in [9.17, 15) is 4.79 Å². The van der Waals surface area contributed by atoms with E-state index < -0.39 is 0 Å². The average Bonchev–Trinajstić information content (AvgIpc) is 3.53. The molecule has 0 spiro atoms. The lowest BCUT2D eigenvalue weighted by Crippen LogP contribution is -2.38. The molecule has 2 aromatic heterocycles. The average molecular weight is 391 g/mol. The van der Waals surface area contributed by atoms with Crippen molar-refractivity contribution in [2.45, 2.75) is 57.5 Å². The van der Waals surface area contributed by atoms with Crippen LogP contribution in [0.2, 0.25) is 0 Å². The van der Waals surface area contributed by atoms with Gasteiger partial charge in [0, 0.05) is 24.3 Å². The number of fused-ring (bicyclic) bond motifs is 1. The Kier molecular flexibility index (Phi) is 4.61. The van der Waals surface area contributed by atoms with E-state index in [2.05, 4.69) is 15.5 Å². The minimum atomic E-state index is 0.0595. The second-order valence-electron chi connectivity index (χ2n) is 8.03. The molecule has 29 heavy (non-hydrogen) atoms. The molecule has 1 saturated carbocycles. The molecular weight excluding hydrogens is 366 g/mol. The van der Waals surface area contributed by atoms with Gasteiger partial charge in [-0.15, -0.1) is 5.10 Å². The zero-order chi connectivity index (χ0) is 19.8. The second kappa shape index (κ2) is 7.42. The summed E-state index contributed by atoms with van der Waals surface area (Å²) in [4.78, 5) is 15.6. The minimum absolute atomic E-state index is 0.0595. The molecule has 5 rings (SSSR count). The molecule has 1 aromatic carbocycles. The van der Waals surface area contributed by atoms with Crippen molar-refractivity contribution in [3.63, 3.8) is 0 Å². The summed E-state index contributed by atoms with van der Waals surface area (Å²) in [5.74, 6) is 0.0595. The molecule has 2 aliphatic carbocycles. The van der Waals surface area contributed by atoms with Crippen molar-refractivity contribution in [3.8, 4) is 5.69 Å². The maximum Gasteiger partial charge on any atom is 0.254 e. The van der Waals surface area contributed by atoms with Crippen molar-refractivity contribution >= 4 is 5.91 Å². The predicted molar refractivity (Wildman–Crippen MR) is 107 cm³/mol. The summed E-state index contributed by atoms with van der Waals surface area (Å²) in [6.07, 6.45) is 9.36. The van der Waals surface area contributed by atoms with Crippen LogP contribution in [0.25, 0.3) is 5.69 Å². The van der Waals surface area contributed by atoms with Crippen LogP contribution in [0, 0.1) is 0 Å². The number of carbonyl (C=O) groups is 1. The first-order chi connectivity index (χ1) is 14.2. The van der Waals surface area contributed by atoms with E-state index in [-0.39, 0.29) is 11.9 Å². The highest BCUT2D eigenvalue weighted by Crippen LogP contribution is 2.30. The summed E-state index contributed by atoms with van der Waals surface area (Å²) < 4.78 is 3.58. The van der Waals surface area contributed by atoms with Crippen LogP contribution >= 0.6 is 0 Å². The van der Waals surface area contributed by atoms with E-state index in [0.29, 0.717) is 12.1 Å². The van der Waals surface area contributed by atoms with Gasteiger partial charge in [-0.1, -0.05) is 18.9 Å². The van der Waals surface area contributed by atoms with E-state index >= 15 is 0 Å². The van der Waals surface area contributed by atoms with Gasteiger partial charge in [-0.2, -0.15) is 5.10 Å². The second-order valence-corrected chi connectivity index (χ2v) is 8.03. The fourth-order valence-electron chi connectivity index (χ4n) is 4.80. The first-order valence-corrected chi connectivity index (χ1v) is 10.4. The lowest BCUT2D eigenvalue weighted by molar-refractivity contribution is 0.0661. The Morgan fingerprint density at radius 2 is 2.07 bits per heavy atom. The van der Waals surface area contributed by atoms with Gasteiger partial charge in [0.15, 0.2) is 0 Å². The molecule has 2 aliphatic rings. The minimum Gasteiger partial charge on any atom is -0.330 e. The largest absolute Gasteiger partial charge is 0.330 e. The number of amides is 1. The van der Waals surface area contributed by atoms with Crippen LogP contribution in [0.5, 0.6) is 0 Å². The van der Waals surface area contributed by atoms with Gasteiger partial charge in [0.25, 0.3) is 5.91 Å². The fourth-order valence-corrected chi connectivity index (χ4v) is 4.80. The van der Waals surface area contributed by atoms with E-state index in [1.54, 1.807) is 4.68 Å². The number of tetrazole rings is 1. The van der Waals surface area contributed by atoms with Gasteiger partial charge in [0.05, 0.1) is 17.9 Å². The Hall–Kier alpha value is -3.03. The molecule has 8 nitrogen and oxygen atoms in total. The van der Waals surface area contributed by atoms with Gasteiger partial charge in [0.2, 0.25) is 0 Å². The first-order valence-electron chi connectivity index (χ1n) is 10.4. The number of nitrogens with zero attached hydrogens (tertiary/aromatic N) is 7. The van der Waals surface area contributed by atoms with Gasteiger partial charge in [-0.25, -0.2) is 4.68 Å². The molecule has 2 heterocycles. The predicted octanol–water partition coefficient (Wildman–Crippen LogP) is 2.47. The Bertz CT molecular complexity index is 1020. The lowest BCUT2D eigenvalue weighted by atomic mass is 10.1. The van der Waals surface area contributed by atoms with Crippen LogP contribution in [-0.4, -0.2) is 46.8 Å². The van der Waals surface area contributed by atoms with Crippen molar-refractivity contribution in [1.29, 1.82) is 0 Å². The van der Waals surface area contributed by atoms with Crippen LogP contribution in [-0.2, 0) is 26.4 Å². The SMILES string of the molecule is Cn1nc(CN(C(=O)c2cccc(-n3cnnn3)c2)C2CCCC2)c2c1CCC2. The summed E-state index contributed by atoms with van der Waals surface area (Å²) >= 11 is 0. The van der Waals surface area contributed by atoms with E-state index in [1.807, 2.05) is 40.9 Å². The Balaban J connectivity index is 1.46. The number of rotatable bonds is 5. The molecule has 150 valence electrons. The zero-order valence-electron chi connectivity index (χ0n) is 16.7. The maximum absolute atomic E-state index is 13.6. The van der Waals surface area contributed by atoms with Crippen molar-refractivity contribution in [3.05, 3.63) is 53.1 Å². The van der Waals surface area contributed by atoms with E-state index in [0.717, 1.165) is 37.1 Å². The van der Waals surface area contributed by atoms with Crippen LogP contribution in [0.3, 0.4) is 0 Å². The first kappa shape index (κ1) is 18.0. The lowest BCUT2D eigenvalue weighted by Gasteiger charge is -2.29. The van der Waals surface area contributed by atoms with Crippen LogP contribution in [0.1, 0.15) is 59.4 Å². The van der Waals surface area contributed by atoms with E-state index in [4.69, 9.17) is 5.10 Å². The highest BCUT2D eigenvalue weighted by Gasteiger charge is 2.30. The number of hydrogen-bond donors (Lipinski definition) is 0. The summed E-state index contributed by atoms with van der Waals surface area (Å²) in [5, 5.41) is 16.1. The third-order valence-corrected chi connectivity index (χ3v) is 6.25. The third kappa shape index (κ3) is 3.32. The number of benzene rings is 1. The van der Waals surface area contributed by atoms with Gasteiger partial charge < -0.3 is 4.90 Å². The summed E-state index contributed by atoms with van der Waals surface area (Å²) in [6.45, 7) is 0.585. The maximum atomic E-state index is 13.6. The molecule has 1 amide bonds. The fraction of sp³-hybridized carbons (Fsp3) is 0.476. The third-order valence-electron chi connectivity index (χ3n) is 6.25. The van der Waals surface area contributed by atoms with Crippen LogP contribution in [0.4, 0.5) is 0 Å². The van der Waals surface area contributed by atoms with Gasteiger partial charge in [-0.3, -0.25) is 9.48 Å². The molecule has 0 atom stereocenters. The summed E-state index contributed by atoms with van der Waals surface area (Å²) in [6, 6.07) is 7.80. The topological polar surface area (TPSA) is 81.7 Å². The van der Waals surface area contributed by atoms with Gasteiger partial charge >= 0.3 is 0 Å². The number of aryl methyl sites for hydroxylation is 1. The van der Waals surface area contributed by atoms with Crippen molar-refractivity contribution in [1.82, 2.24) is 34.9 Å². The molecule has 0 aliphatic heterocycles. The Labute approximate surface area is 169 Å². The van der Waals surface area contributed by atoms with Crippen LogP contribution < -0.4 is 0 Å². The smallest absolute Gasteiger partial charge is 0.254 e. The monoisotopic (exact) mass is 391 g/mol. The standard InChI is InChI=1S/C21H25N7O/c1-26-20-11-5-10-18(20)19(23-26)13-27(16-7-2-3-8-16)21(29)15-6-4-9-17(12-15)28-14-22-24-25-28/h4,6,9,12,14,16H,2-3,5,7-8,10-11,13H2,1H3. The molecule has 0 unspecified atom stereocenters. The molecular formula is C21H25N7O. The van der Waals surface area contributed by atoms with Crippen molar-refractivity contribution in [2.75, 3.05) is 0 Å². The highest BCUT2D eigenvalue weighted by atomic mass is 16.2. The normalized spacial score (nSPS) is 16.3. The van der Waals surface area contributed by atoms with Crippen molar-refractivity contribution < 1.29 is 4.79 Å². The molecule has 1 fully saturated rings. The quantitative estimate of drug-likeness (QED) is 0.667. The molecule has 0 N–H and O–H groups in total. The van der Waals surface area contributed by atoms with Crippen molar-refractivity contribution in [2.24, 2.45) is 7.05 Å². The highest BCUT2D eigenvalue weighted by molar-refractivity contribution is 5.95. The summed E-state index contributed by atoms with van der Waals surface area (Å²) in [5.41, 5.74) is 5.20. The molecule has 8 heteroatoms. The van der Waals surface area contributed by atoms with Gasteiger partial charge in [0.1, 0.15) is 6.33 Å². The number of hydrogen-bond acceptors (Lipinski definition) is 5. The zero-order valence-corrected chi connectivity index (χ0v) is 16.7. The Morgan fingerprint density at radius 3 is 2.86 bits per heavy atom. The summed E-state index contributed by atoms with van der Waals surface area (Å²) in [7, 11) is 2.02. The molecule has 0 bridgehead atoms. The molecule has 0 radical (unpaired) electrons. The van der Waals surface area contributed by atoms with E-state index in [1.165, 1.54) is 36.8 Å². The number of carbonyl (C=O) groups excluding carboxylic acids is 1. The molecule has 3 aromatic rings. The number of aromatic nitrogens is 6. The Morgan fingerprint density at radius 1 is 1.21 bits per heavy atom. The molecule has 0 saturated heterocycles.